The number of hydrogen-bond donors (Lipinski definition) is 1. The third-order valence-corrected chi connectivity index (χ3v) is 1.83. The van der Waals surface area contributed by atoms with Crippen molar-refractivity contribution in [1.29, 1.82) is 0 Å². The fourth-order valence-corrected chi connectivity index (χ4v) is 1.21. The number of rotatable bonds is 0. The number of halogens is 1. The SMILES string of the molecule is O=C1CNc2ccc(Cl)cc2O1. The van der Waals surface area contributed by atoms with Gasteiger partial charge in [0.25, 0.3) is 0 Å². The molecule has 1 aromatic rings. The third kappa shape index (κ3) is 1.23. The fraction of sp³-hybridized carbons (Fsp3) is 0.125. The minimum absolute atomic E-state index is 0.217. The first kappa shape index (κ1) is 7.43. The first-order valence-corrected chi connectivity index (χ1v) is 3.87. The summed E-state index contributed by atoms with van der Waals surface area (Å²) < 4.78 is 4.93. The van der Waals surface area contributed by atoms with E-state index in [-0.39, 0.29) is 12.5 Å². The predicted molar refractivity (Wildman–Crippen MR) is 45.6 cm³/mol. The van der Waals surface area contributed by atoms with Gasteiger partial charge >= 0.3 is 5.97 Å². The van der Waals surface area contributed by atoms with Crippen LogP contribution < -0.4 is 10.1 Å². The molecule has 0 atom stereocenters. The van der Waals surface area contributed by atoms with Gasteiger partial charge in [0.15, 0.2) is 5.75 Å². The van der Waals surface area contributed by atoms with E-state index in [4.69, 9.17) is 16.3 Å². The standard InChI is InChI=1S/C8H6ClNO2/c9-5-1-2-6-7(3-5)12-8(11)4-10-6/h1-3,10H,4H2. The van der Waals surface area contributed by atoms with Crippen LogP contribution in [0.25, 0.3) is 0 Å². The highest BCUT2D eigenvalue weighted by molar-refractivity contribution is 6.30. The smallest absolute Gasteiger partial charge is 0.330 e. The van der Waals surface area contributed by atoms with E-state index < -0.39 is 0 Å². The Kier molecular flexibility index (Phi) is 1.66. The van der Waals surface area contributed by atoms with E-state index in [9.17, 15) is 4.79 Å². The van der Waals surface area contributed by atoms with E-state index in [2.05, 4.69) is 5.32 Å². The zero-order valence-electron chi connectivity index (χ0n) is 6.13. The van der Waals surface area contributed by atoms with E-state index in [0.717, 1.165) is 5.69 Å². The van der Waals surface area contributed by atoms with Gasteiger partial charge in [-0.05, 0) is 12.1 Å². The summed E-state index contributed by atoms with van der Waals surface area (Å²) in [6.45, 7) is 0.217. The van der Waals surface area contributed by atoms with Crippen molar-refractivity contribution in [2.45, 2.75) is 0 Å². The minimum atomic E-state index is -0.287. The lowest BCUT2D eigenvalue weighted by atomic mass is 10.2. The highest BCUT2D eigenvalue weighted by Crippen LogP contribution is 2.30. The molecule has 1 aromatic carbocycles. The van der Waals surface area contributed by atoms with Crippen molar-refractivity contribution < 1.29 is 9.53 Å². The molecule has 1 aliphatic rings. The number of hydrogen-bond acceptors (Lipinski definition) is 3. The number of anilines is 1. The maximum Gasteiger partial charge on any atom is 0.330 e. The van der Waals surface area contributed by atoms with Crippen molar-refractivity contribution in [3.05, 3.63) is 23.2 Å². The van der Waals surface area contributed by atoms with Gasteiger partial charge in [0.05, 0.1) is 5.69 Å². The second kappa shape index (κ2) is 2.68. The normalized spacial score (nSPS) is 14.6. The average molecular weight is 184 g/mol. The molecule has 4 heteroatoms. The second-order valence-corrected chi connectivity index (χ2v) is 2.90. The van der Waals surface area contributed by atoms with E-state index in [1.807, 2.05) is 0 Å². The molecule has 1 aliphatic heterocycles. The van der Waals surface area contributed by atoms with Gasteiger partial charge in [0.1, 0.15) is 6.54 Å². The Morgan fingerprint density at radius 3 is 3.17 bits per heavy atom. The van der Waals surface area contributed by atoms with Gasteiger partial charge in [-0.25, -0.2) is 4.79 Å². The van der Waals surface area contributed by atoms with Crippen LogP contribution in [0.4, 0.5) is 5.69 Å². The van der Waals surface area contributed by atoms with Gasteiger partial charge in [0.2, 0.25) is 0 Å². The lowest BCUT2D eigenvalue weighted by Crippen LogP contribution is -2.24. The van der Waals surface area contributed by atoms with Crippen LogP contribution in [0.3, 0.4) is 0 Å². The van der Waals surface area contributed by atoms with Crippen molar-refractivity contribution in [1.82, 2.24) is 0 Å². The largest absolute Gasteiger partial charge is 0.423 e. The van der Waals surface area contributed by atoms with Crippen LogP contribution in [0, 0.1) is 0 Å². The summed E-state index contributed by atoms with van der Waals surface area (Å²) >= 11 is 5.71. The number of carbonyl (C=O) groups is 1. The van der Waals surface area contributed by atoms with Gasteiger partial charge in [-0.2, -0.15) is 0 Å². The Morgan fingerprint density at radius 2 is 2.33 bits per heavy atom. The molecule has 0 fully saturated rings. The van der Waals surface area contributed by atoms with Crippen molar-refractivity contribution in [2.24, 2.45) is 0 Å². The van der Waals surface area contributed by atoms with Gasteiger partial charge < -0.3 is 10.1 Å². The molecule has 0 aromatic heterocycles. The Morgan fingerprint density at radius 1 is 1.50 bits per heavy atom. The Bertz CT molecular complexity index is 338. The molecule has 12 heavy (non-hydrogen) atoms. The lowest BCUT2D eigenvalue weighted by molar-refractivity contribution is -0.132. The maximum atomic E-state index is 10.8. The van der Waals surface area contributed by atoms with E-state index >= 15 is 0 Å². The van der Waals surface area contributed by atoms with Crippen LogP contribution in [0.1, 0.15) is 0 Å². The molecule has 0 spiro atoms. The molecule has 0 unspecified atom stereocenters. The topological polar surface area (TPSA) is 38.3 Å². The van der Waals surface area contributed by atoms with Gasteiger partial charge in [-0.15, -0.1) is 0 Å². The van der Waals surface area contributed by atoms with E-state index in [1.54, 1.807) is 18.2 Å². The van der Waals surface area contributed by atoms with Crippen LogP contribution >= 0.6 is 11.6 Å². The first-order valence-electron chi connectivity index (χ1n) is 3.50. The Hall–Kier alpha value is -1.22. The molecular formula is C8H6ClNO2. The molecule has 62 valence electrons. The quantitative estimate of drug-likeness (QED) is 0.491. The summed E-state index contributed by atoms with van der Waals surface area (Å²) in [4.78, 5) is 10.8. The highest BCUT2D eigenvalue weighted by Gasteiger charge is 2.15. The van der Waals surface area contributed by atoms with Crippen LogP contribution in [0.15, 0.2) is 18.2 Å². The molecule has 1 N–H and O–H groups in total. The number of ether oxygens (including phenoxy) is 1. The first-order chi connectivity index (χ1) is 5.75. The van der Waals surface area contributed by atoms with Crippen LogP contribution in [-0.2, 0) is 4.79 Å². The third-order valence-electron chi connectivity index (χ3n) is 1.59. The van der Waals surface area contributed by atoms with Gasteiger partial charge in [-0.3, -0.25) is 0 Å². The number of carbonyl (C=O) groups excluding carboxylic acids is 1. The predicted octanol–water partition coefficient (Wildman–Crippen LogP) is 1.67. The van der Waals surface area contributed by atoms with Crippen LogP contribution in [-0.4, -0.2) is 12.5 Å². The molecule has 2 rings (SSSR count). The average Bonchev–Trinajstić information content (AvgIpc) is 2.03. The Balaban J connectivity index is 2.44. The van der Waals surface area contributed by atoms with E-state index in [1.165, 1.54) is 0 Å². The monoisotopic (exact) mass is 183 g/mol. The van der Waals surface area contributed by atoms with Crippen molar-refractivity contribution in [3.63, 3.8) is 0 Å². The Labute approximate surface area is 74.3 Å². The second-order valence-electron chi connectivity index (χ2n) is 2.47. The molecule has 0 bridgehead atoms. The molecule has 0 aliphatic carbocycles. The molecule has 1 heterocycles. The van der Waals surface area contributed by atoms with E-state index in [0.29, 0.717) is 10.8 Å². The fourth-order valence-electron chi connectivity index (χ4n) is 1.05. The molecule has 0 radical (unpaired) electrons. The zero-order chi connectivity index (χ0) is 8.55. The number of fused-ring (bicyclic) bond motifs is 1. The molecular weight excluding hydrogens is 178 g/mol. The number of benzene rings is 1. The summed E-state index contributed by atoms with van der Waals surface area (Å²) in [5, 5.41) is 3.47. The zero-order valence-corrected chi connectivity index (χ0v) is 6.89. The summed E-state index contributed by atoms with van der Waals surface area (Å²) in [5.74, 6) is 0.212. The summed E-state index contributed by atoms with van der Waals surface area (Å²) in [5.41, 5.74) is 0.805. The number of nitrogens with one attached hydrogen (secondary N) is 1. The summed E-state index contributed by atoms with van der Waals surface area (Å²) in [6.07, 6.45) is 0. The molecule has 0 saturated heterocycles. The maximum absolute atomic E-state index is 10.8. The number of esters is 1. The van der Waals surface area contributed by atoms with Gasteiger partial charge in [0, 0.05) is 11.1 Å². The summed E-state index contributed by atoms with van der Waals surface area (Å²) in [6, 6.07) is 5.14. The van der Waals surface area contributed by atoms with Crippen LogP contribution in [0.5, 0.6) is 5.75 Å². The lowest BCUT2D eigenvalue weighted by Gasteiger charge is -2.16. The molecule has 0 saturated carbocycles. The minimum Gasteiger partial charge on any atom is -0.423 e. The van der Waals surface area contributed by atoms with Crippen molar-refractivity contribution in [3.8, 4) is 5.75 Å². The van der Waals surface area contributed by atoms with Crippen LogP contribution in [0.2, 0.25) is 5.02 Å². The summed E-state index contributed by atoms with van der Waals surface area (Å²) in [7, 11) is 0. The van der Waals surface area contributed by atoms with Crippen molar-refractivity contribution in [2.75, 3.05) is 11.9 Å². The molecule has 3 nitrogen and oxygen atoms in total. The van der Waals surface area contributed by atoms with Crippen molar-refractivity contribution >= 4 is 23.3 Å². The highest BCUT2D eigenvalue weighted by atomic mass is 35.5. The van der Waals surface area contributed by atoms with Gasteiger partial charge in [-0.1, -0.05) is 11.6 Å². The molecule has 0 amide bonds.